The van der Waals surface area contributed by atoms with Gasteiger partial charge in [-0.2, -0.15) is 4.98 Å². The molecule has 82 valence electrons. The minimum atomic E-state index is 0.522. The molecule has 1 fully saturated rings. The highest BCUT2D eigenvalue weighted by atomic mass is 79.9. The zero-order valence-corrected chi connectivity index (χ0v) is 10.4. The van der Waals surface area contributed by atoms with Crippen LogP contribution >= 0.6 is 15.9 Å². The molecule has 0 aliphatic carbocycles. The van der Waals surface area contributed by atoms with Gasteiger partial charge in [-0.1, -0.05) is 6.92 Å². The van der Waals surface area contributed by atoms with Crippen molar-refractivity contribution in [2.45, 2.75) is 32.2 Å². The number of hydrogen-bond acceptors (Lipinski definition) is 4. The number of halogens is 1. The van der Waals surface area contributed by atoms with Crippen LogP contribution in [0.4, 0.5) is 11.8 Å². The third kappa shape index (κ3) is 2.22. The molecule has 5 heteroatoms. The number of nitrogens with two attached hydrogens (primary N) is 1. The predicted octanol–water partition coefficient (Wildman–Crippen LogP) is 2.20. The highest BCUT2D eigenvalue weighted by molar-refractivity contribution is 9.10. The number of nitrogen functional groups attached to an aromatic ring is 1. The summed E-state index contributed by atoms with van der Waals surface area (Å²) in [4.78, 5) is 10.9. The third-order valence-corrected chi connectivity index (χ3v) is 3.21. The van der Waals surface area contributed by atoms with Gasteiger partial charge >= 0.3 is 0 Å². The first-order valence-electron chi connectivity index (χ1n) is 5.27. The number of rotatable bonds is 2. The average molecular weight is 271 g/mol. The van der Waals surface area contributed by atoms with Crippen LogP contribution in [0.15, 0.2) is 10.7 Å². The lowest BCUT2D eigenvalue weighted by Crippen LogP contribution is -2.30. The van der Waals surface area contributed by atoms with Crippen molar-refractivity contribution in [3.8, 4) is 0 Å². The van der Waals surface area contributed by atoms with E-state index in [1.54, 1.807) is 6.07 Å². The van der Waals surface area contributed by atoms with E-state index >= 15 is 0 Å². The standard InChI is InChI=1S/C10H15BrN4/c1-2-7-4-3-5-15(7)10-13-8(11)6-9(12)14-10/h6-7H,2-5H2,1H3,(H2,12,13,14). The topological polar surface area (TPSA) is 55.0 Å². The largest absolute Gasteiger partial charge is 0.383 e. The molecule has 0 aromatic carbocycles. The Balaban J connectivity index is 2.28. The normalized spacial score (nSPS) is 20.9. The van der Waals surface area contributed by atoms with E-state index < -0.39 is 0 Å². The van der Waals surface area contributed by atoms with Crippen molar-refractivity contribution in [2.24, 2.45) is 0 Å². The molecule has 0 radical (unpaired) electrons. The van der Waals surface area contributed by atoms with Crippen molar-refractivity contribution in [3.05, 3.63) is 10.7 Å². The fraction of sp³-hybridized carbons (Fsp3) is 0.600. The van der Waals surface area contributed by atoms with Crippen LogP contribution in [0.25, 0.3) is 0 Å². The lowest BCUT2D eigenvalue weighted by atomic mass is 10.2. The summed E-state index contributed by atoms with van der Waals surface area (Å²) in [6.45, 7) is 3.23. The highest BCUT2D eigenvalue weighted by Gasteiger charge is 2.25. The average Bonchev–Trinajstić information content (AvgIpc) is 2.63. The molecule has 1 aromatic rings. The molecule has 1 aliphatic rings. The molecule has 0 bridgehead atoms. The van der Waals surface area contributed by atoms with Gasteiger partial charge in [0, 0.05) is 18.7 Å². The summed E-state index contributed by atoms with van der Waals surface area (Å²) in [5, 5.41) is 0. The smallest absolute Gasteiger partial charge is 0.228 e. The maximum absolute atomic E-state index is 5.71. The Kier molecular flexibility index (Phi) is 3.09. The van der Waals surface area contributed by atoms with Gasteiger partial charge in [-0.3, -0.25) is 0 Å². The Morgan fingerprint density at radius 1 is 1.60 bits per heavy atom. The van der Waals surface area contributed by atoms with Crippen LogP contribution in [0, 0.1) is 0 Å². The molecule has 2 heterocycles. The minimum absolute atomic E-state index is 0.522. The molecule has 1 atom stereocenters. The van der Waals surface area contributed by atoms with Crippen molar-refractivity contribution >= 4 is 27.7 Å². The van der Waals surface area contributed by atoms with Crippen LogP contribution in [-0.2, 0) is 0 Å². The first kappa shape index (κ1) is 10.7. The first-order chi connectivity index (χ1) is 7.20. The lowest BCUT2D eigenvalue weighted by molar-refractivity contribution is 0.634. The maximum Gasteiger partial charge on any atom is 0.228 e. The Morgan fingerprint density at radius 3 is 3.07 bits per heavy atom. The summed E-state index contributed by atoms with van der Waals surface area (Å²) < 4.78 is 0.756. The van der Waals surface area contributed by atoms with Gasteiger partial charge < -0.3 is 10.6 Å². The van der Waals surface area contributed by atoms with Crippen molar-refractivity contribution in [1.82, 2.24) is 9.97 Å². The van der Waals surface area contributed by atoms with E-state index in [0.29, 0.717) is 11.9 Å². The summed E-state index contributed by atoms with van der Waals surface area (Å²) in [7, 11) is 0. The molecule has 0 spiro atoms. The summed E-state index contributed by atoms with van der Waals surface area (Å²) in [6, 6.07) is 2.29. The number of aromatic nitrogens is 2. The Hall–Kier alpha value is -0.840. The van der Waals surface area contributed by atoms with Crippen molar-refractivity contribution in [1.29, 1.82) is 0 Å². The Labute approximate surface area is 98.0 Å². The Bertz CT molecular complexity index is 335. The van der Waals surface area contributed by atoms with E-state index in [4.69, 9.17) is 5.73 Å². The van der Waals surface area contributed by atoms with Crippen molar-refractivity contribution in [3.63, 3.8) is 0 Å². The zero-order chi connectivity index (χ0) is 10.8. The second-order valence-electron chi connectivity index (χ2n) is 3.81. The SMILES string of the molecule is CCC1CCCN1c1nc(N)cc(Br)n1. The molecular formula is C10H15BrN4. The van der Waals surface area contributed by atoms with E-state index in [1.807, 2.05) is 0 Å². The van der Waals surface area contributed by atoms with Gasteiger partial charge in [-0.05, 0) is 35.2 Å². The van der Waals surface area contributed by atoms with Gasteiger partial charge in [-0.25, -0.2) is 4.98 Å². The molecule has 15 heavy (non-hydrogen) atoms. The molecule has 1 aromatic heterocycles. The van der Waals surface area contributed by atoms with E-state index in [9.17, 15) is 0 Å². The van der Waals surface area contributed by atoms with Crippen molar-refractivity contribution < 1.29 is 0 Å². The molecule has 1 saturated heterocycles. The van der Waals surface area contributed by atoms with Gasteiger partial charge in [0.25, 0.3) is 0 Å². The predicted molar refractivity (Wildman–Crippen MR) is 64.8 cm³/mol. The molecule has 0 amide bonds. The first-order valence-corrected chi connectivity index (χ1v) is 6.06. The lowest BCUT2D eigenvalue weighted by Gasteiger charge is -2.23. The van der Waals surface area contributed by atoms with Crippen LogP contribution in [0.5, 0.6) is 0 Å². The summed E-state index contributed by atoms with van der Waals surface area (Å²) in [5.41, 5.74) is 5.71. The van der Waals surface area contributed by atoms with Crippen LogP contribution in [0.3, 0.4) is 0 Å². The number of anilines is 2. The highest BCUT2D eigenvalue weighted by Crippen LogP contribution is 2.26. The van der Waals surface area contributed by atoms with E-state index in [-0.39, 0.29) is 0 Å². The second-order valence-corrected chi connectivity index (χ2v) is 4.63. The van der Waals surface area contributed by atoms with Crippen LogP contribution in [0.2, 0.25) is 0 Å². The fourth-order valence-electron chi connectivity index (χ4n) is 2.07. The number of hydrogen-bond donors (Lipinski definition) is 1. The maximum atomic E-state index is 5.71. The van der Waals surface area contributed by atoms with Gasteiger partial charge in [0.2, 0.25) is 5.95 Å². The van der Waals surface area contributed by atoms with Gasteiger partial charge in [0.05, 0.1) is 0 Å². The van der Waals surface area contributed by atoms with Gasteiger partial charge in [-0.15, -0.1) is 0 Å². The zero-order valence-electron chi connectivity index (χ0n) is 8.78. The fourth-order valence-corrected chi connectivity index (χ4v) is 2.47. The third-order valence-electron chi connectivity index (χ3n) is 2.81. The van der Waals surface area contributed by atoms with Crippen LogP contribution in [-0.4, -0.2) is 22.6 Å². The molecule has 2 N–H and O–H groups in total. The molecule has 1 unspecified atom stereocenters. The summed E-state index contributed by atoms with van der Waals surface area (Å²) in [5.74, 6) is 1.28. The van der Waals surface area contributed by atoms with E-state index in [0.717, 1.165) is 23.5 Å². The summed E-state index contributed by atoms with van der Waals surface area (Å²) in [6.07, 6.45) is 3.58. The minimum Gasteiger partial charge on any atom is -0.383 e. The summed E-state index contributed by atoms with van der Waals surface area (Å²) >= 11 is 3.34. The second kappa shape index (κ2) is 4.35. The monoisotopic (exact) mass is 270 g/mol. The molecule has 4 nitrogen and oxygen atoms in total. The van der Waals surface area contributed by atoms with Crippen molar-refractivity contribution in [2.75, 3.05) is 17.2 Å². The van der Waals surface area contributed by atoms with E-state index in [1.165, 1.54) is 12.8 Å². The van der Waals surface area contributed by atoms with E-state index in [2.05, 4.69) is 37.7 Å². The van der Waals surface area contributed by atoms with Gasteiger partial charge in [0.1, 0.15) is 10.4 Å². The molecule has 2 rings (SSSR count). The molecule has 1 aliphatic heterocycles. The number of nitrogens with zero attached hydrogens (tertiary/aromatic N) is 3. The Morgan fingerprint density at radius 2 is 2.40 bits per heavy atom. The van der Waals surface area contributed by atoms with Crippen LogP contribution in [0.1, 0.15) is 26.2 Å². The molecular weight excluding hydrogens is 256 g/mol. The van der Waals surface area contributed by atoms with Gasteiger partial charge in [0.15, 0.2) is 0 Å². The quantitative estimate of drug-likeness (QED) is 0.838. The molecule has 0 saturated carbocycles. The van der Waals surface area contributed by atoms with Crippen LogP contribution < -0.4 is 10.6 Å².